The van der Waals surface area contributed by atoms with E-state index >= 15 is 0 Å². The number of carbonyl (C=O) groups is 2. The minimum atomic E-state index is -0.376. The van der Waals surface area contributed by atoms with Crippen molar-refractivity contribution in [1.29, 1.82) is 0 Å². The largest absolute Gasteiger partial charge is 0.493 e. The molecule has 0 fully saturated rings. The van der Waals surface area contributed by atoms with Crippen LogP contribution >= 0.6 is 11.3 Å². The van der Waals surface area contributed by atoms with Crippen molar-refractivity contribution in [1.82, 2.24) is 9.78 Å². The molecule has 0 radical (unpaired) electrons. The first kappa shape index (κ1) is 22.2. The summed E-state index contributed by atoms with van der Waals surface area (Å²) in [4.78, 5) is 25.7. The Morgan fingerprint density at radius 3 is 2.67 bits per heavy atom. The second-order valence-electron chi connectivity index (χ2n) is 7.04. The molecule has 0 spiro atoms. The third-order valence-corrected chi connectivity index (χ3v) is 6.02. The number of anilines is 2. The number of carbonyl (C=O) groups excluding carboxylic acids is 2. The van der Waals surface area contributed by atoms with Crippen LogP contribution in [0, 0.1) is 6.92 Å². The maximum atomic E-state index is 13.0. The van der Waals surface area contributed by atoms with Gasteiger partial charge < -0.3 is 24.5 Å². The van der Waals surface area contributed by atoms with Crippen molar-refractivity contribution in [3.63, 3.8) is 0 Å². The number of nitrogens with one attached hydrogen (secondary N) is 2. The topological polar surface area (TPSA) is 108 Å². The SMILES string of the molecule is COc1cccc(Cn2nccc2NC(=O)c2sc(NC(=O)c3ccco3)cc2C)c1OC. The fourth-order valence-corrected chi connectivity index (χ4v) is 4.29. The van der Waals surface area contributed by atoms with Crippen LogP contribution < -0.4 is 20.1 Å². The van der Waals surface area contributed by atoms with E-state index in [1.165, 1.54) is 17.6 Å². The van der Waals surface area contributed by atoms with Gasteiger partial charge >= 0.3 is 0 Å². The van der Waals surface area contributed by atoms with E-state index in [1.807, 2.05) is 25.1 Å². The molecule has 4 aromatic rings. The van der Waals surface area contributed by atoms with Gasteiger partial charge in [-0.25, -0.2) is 4.68 Å². The maximum absolute atomic E-state index is 13.0. The minimum Gasteiger partial charge on any atom is -0.493 e. The zero-order valence-corrected chi connectivity index (χ0v) is 19.1. The monoisotopic (exact) mass is 466 g/mol. The first-order chi connectivity index (χ1) is 16.0. The lowest BCUT2D eigenvalue weighted by molar-refractivity contribution is 0.0995. The van der Waals surface area contributed by atoms with Gasteiger partial charge in [0, 0.05) is 11.6 Å². The number of furan rings is 1. The Balaban J connectivity index is 1.49. The van der Waals surface area contributed by atoms with Crippen LogP contribution in [0.4, 0.5) is 10.8 Å². The van der Waals surface area contributed by atoms with Gasteiger partial charge in [-0.3, -0.25) is 9.59 Å². The fraction of sp³-hybridized carbons (Fsp3) is 0.174. The summed E-state index contributed by atoms with van der Waals surface area (Å²) in [6.07, 6.45) is 3.04. The summed E-state index contributed by atoms with van der Waals surface area (Å²) in [7, 11) is 3.16. The summed E-state index contributed by atoms with van der Waals surface area (Å²) < 4.78 is 17.6. The Morgan fingerprint density at radius 2 is 1.94 bits per heavy atom. The highest BCUT2D eigenvalue weighted by molar-refractivity contribution is 7.18. The third-order valence-electron chi connectivity index (χ3n) is 4.87. The van der Waals surface area contributed by atoms with Crippen molar-refractivity contribution in [2.75, 3.05) is 24.9 Å². The van der Waals surface area contributed by atoms with Crippen LogP contribution in [0.25, 0.3) is 0 Å². The number of thiophene rings is 1. The van der Waals surface area contributed by atoms with Gasteiger partial charge in [0.25, 0.3) is 11.8 Å². The van der Waals surface area contributed by atoms with Crippen LogP contribution in [0.3, 0.4) is 0 Å². The first-order valence-electron chi connectivity index (χ1n) is 9.98. The number of ether oxygens (including phenoxy) is 2. The minimum absolute atomic E-state index is 0.198. The van der Waals surface area contributed by atoms with Crippen LogP contribution in [0.15, 0.2) is 59.3 Å². The van der Waals surface area contributed by atoms with Crippen molar-refractivity contribution in [3.05, 3.63) is 76.7 Å². The van der Waals surface area contributed by atoms with E-state index in [9.17, 15) is 9.59 Å². The molecule has 0 aliphatic heterocycles. The van der Waals surface area contributed by atoms with Crippen molar-refractivity contribution in [3.8, 4) is 11.5 Å². The molecule has 3 aromatic heterocycles. The molecule has 170 valence electrons. The Morgan fingerprint density at radius 1 is 1.09 bits per heavy atom. The van der Waals surface area contributed by atoms with Crippen LogP contribution in [0.2, 0.25) is 0 Å². The Labute approximate surface area is 193 Å². The molecule has 2 N–H and O–H groups in total. The number of nitrogens with zero attached hydrogens (tertiary/aromatic N) is 2. The molecular formula is C23H22N4O5S. The molecule has 0 bridgehead atoms. The average molecular weight is 467 g/mol. The number of hydrogen-bond donors (Lipinski definition) is 2. The zero-order valence-electron chi connectivity index (χ0n) is 18.2. The molecule has 9 nitrogen and oxygen atoms in total. The quantitative estimate of drug-likeness (QED) is 0.398. The summed E-state index contributed by atoms with van der Waals surface area (Å²) in [6.45, 7) is 2.18. The summed E-state index contributed by atoms with van der Waals surface area (Å²) in [6, 6.07) is 12.3. The van der Waals surface area contributed by atoms with Gasteiger partial charge in [0.1, 0.15) is 5.82 Å². The summed E-state index contributed by atoms with van der Waals surface area (Å²) in [5, 5.41) is 10.5. The molecule has 0 saturated heterocycles. The van der Waals surface area contributed by atoms with Gasteiger partial charge in [0.2, 0.25) is 0 Å². The molecule has 0 aliphatic rings. The zero-order chi connectivity index (χ0) is 23.4. The molecule has 33 heavy (non-hydrogen) atoms. The number of para-hydroxylation sites is 1. The van der Waals surface area contributed by atoms with Gasteiger partial charge in [-0.05, 0) is 36.8 Å². The van der Waals surface area contributed by atoms with Crippen LogP contribution in [0.1, 0.15) is 31.4 Å². The molecule has 0 saturated carbocycles. The molecule has 0 atom stereocenters. The van der Waals surface area contributed by atoms with Crippen molar-refractivity contribution < 1.29 is 23.5 Å². The number of hydrogen-bond acceptors (Lipinski definition) is 7. The van der Waals surface area contributed by atoms with Crippen molar-refractivity contribution in [2.45, 2.75) is 13.5 Å². The molecule has 4 rings (SSSR count). The smallest absolute Gasteiger partial charge is 0.291 e. The van der Waals surface area contributed by atoms with Crippen LogP contribution in [0.5, 0.6) is 11.5 Å². The van der Waals surface area contributed by atoms with E-state index in [0.29, 0.717) is 33.7 Å². The molecule has 10 heteroatoms. The standard InChI is InChI=1S/C23H22N4O5S/c1-14-12-19(26-22(28)17-8-5-11-32-17)33-21(14)23(29)25-18-9-10-24-27(18)13-15-6-4-7-16(30-2)20(15)31-3/h4-12H,13H2,1-3H3,(H,25,29)(H,26,28). The number of aromatic nitrogens is 2. The van der Waals surface area contributed by atoms with Crippen molar-refractivity contribution in [2.24, 2.45) is 0 Å². The third kappa shape index (κ3) is 4.75. The fourth-order valence-electron chi connectivity index (χ4n) is 3.33. The van der Waals surface area contributed by atoms with Gasteiger partial charge in [-0.15, -0.1) is 11.3 Å². The van der Waals surface area contributed by atoms with Crippen molar-refractivity contribution >= 4 is 34.0 Å². The van der Waals surface area contributed by atoms with Gasteiger partial charge in [-0.1, -0.05) is 12.1 Å². The lowest BCUT2D eigenvalue weighted by Crippen LogP contribution is -2.16. The second-order valence-corrected chi connectivity index (χ2v) is 8.09. The van der Waals surface area contributed by atoms with E-state index in [2.05, 4.69) is 15.7 Å². The Kier molecular flexibility index (Phi) is 6.45. The summed E-state index contributed by atoms with van der Waals surface area (Å²) >= 11 is 1.18. The molecule has 0 aliphatic carbocycles. The van der Waals surface area contributed by atoms with Crippen LogP contribution in [-0.4, -0.2) is 35.8 Å². The van der Waals surface area contributed by atoms with Gasteiger partial charge in [0.15, 0.2) is 17.3 Å². The van der Waals surface area contributed by atoms with E-state index < -0.39 is 0 Å². The number of rotatable bonds is 8. The van der Waals surface area contributed by atoms with E-state index in [0.717, 1.165) is 11.1 Å². The molecule has 2 amide bonds. The summed E-state index contributed by atoms with van der Waals surface area (Å²) in [5.74, 6) is 1.28. The highest BCUT2D eigenvalue weighted by Crippen LogP contribution is 2.32. The molecule has 1 aromatic carbocycles. The number of aryl methyl sites for hydroxylation is 1. The number of benzene rings is 1. The van der Waals surface area contributed by atoms with Gasteiger partial charge in [-0.2, -0.15) is 5.10 Å². The van der Waals surface area contributed by atoms with E-state index in [-0.39, 0.29) is 17.6 Å². The first-order valence-corrected chi connectivity index (χ1v) is 10.8. The second kappa shape index (κ2) is 9.61. The normalized spacial score (nSPS) is 10.6. The predicted octanol–water partition coefficient (Wildman–Crippen LogP) is 4.42. The average Bonchev–Trinajstić information content (AvgIpc) is 3.56. The highest BCUT2D eigenvalue weighted by Gasteiger charge is 2.19. The Hall–Kier alpha value is -4.05. The highest BCUT2D eigenvalue weighted by atomic mass is 32.1. The predicted molar refractivity (Wildman–Crippen MR) is 125 cm³/mol. The molecule has 0 unspecified atom stereocenters. The molecular weight excluding hydrogens is 444 g/mol. The van der Waals surface area contributed by atoms with Gasteiger partial charge in [0.05, 0.1) is 43.1 Å². The van der Waals surface area contributed by atoms with E-state index in [1.54, 1.807) is 49.4 Å². The summed E-state index contributed by atoms with van der Waals surface area (Å²) in [5.41, 5.74) is 1.60. The van der Waals surface area contributed by atoms with E-state index in [4.69, 9.17) is 13.9 Å². The molecule has 3 heterocycles. The lowest BCUT2D eigenvalue weighted by atomic mass is 10.2. The van der Waals surface area contributed by atoms with Crippen LogP contribution in [-0.2, 0) is 6.54 Å². The lowest BCUT2D eigenvalue weighted by Gasteiger charge is -2.14. The Bertz CT molecular complexity index is 1280. The maximum Gasteiger partial charge on any atom is 0.291 e. The number of methoxy groups -OCH3 is 2. The number of amides is 2.